The second kappa shape index (κ2) is 38.4. The van der Waals surface area contributed by atoms with E-state index >= 15 is 0 Å². The van der Waals surface area contributed by atoms with Gasteiger partial charge in [0, 0.05) is 187 Å². The predicted octanol–water partition coefficient (Wildman–Crippen LogP) is 14.3. The van der Waals surface area contributed by atoms with E-state index in [-0.39, 0.29) is 45.8 Å². The number of likely N-dealkylation sites (N-methyl/N-ethyl adjacent to an activating group) is 4. The number of aromatic nitrogens is 8. The normalized spacial score (nSPS) is 17.8. The van der Waals surface area contributed by atoms with Crippen molar-refractivity contribution in [3.63, 3.8) is 0 Å². The summed E-state index contributed by atoms with van der Waals surface area (Å²) in [6, 6.07) is 15.1. The van der Waals surface area contributed by atoms with Crippen LogP contribution in [-0.2, 0) is 32.5 Å². The Morgan fingerprint density at radius 1 is 0.291 bits per heavy atom. The summed E-state index contributed by atoms with van der Waals surface area (Å²) in [5, 5.41) is 0. The second-order valence-electron chi connectivity index (χ2n) is 35.3. The Kier molecular flexibility index (Phi) is 31.7. The second-order valence-corrected chi connectivity index (χ2v) is 35.3. The van der Waals surface area contributed by atoms with Gasteiger partial charge in [0.2, 0.25) is 11.9 Å². The van der Waals surface area contributed by atoms with Gasteiger partial charge in [0.1, 0.15) is 17.5 Å². The highest BCUT2D eigenvalue weighted by Gasteiger charge is 2.26. The lowest BCUT2D eigenvalue weighted by Gasteiger charge is -2.33. The van der Waals surface area contributed by atoms with Gasteiger partial charge in [0.05, 0.1) is 5.56 Å². The van der Waals surface area contributed by atoms with Gasteiger partial charge in [-0.1, -0.05) is 144 Å². The van der Waals surface area contributed by atoms with Crippen LogP contribution in [0.5, 0.6) is 0 Å². The van der Waals surface area contributed by atoms with Gasteiger partial charge in [-0.2, -0.15) is 0 Å². The van der Waals surface area contributed by atoms with E-state index in [2.05, 4.69) is 273 Å². The van der Waals surface area contributed by atoms with Crippen molar-refractivity contribution in [1.82, 2.24) is 64.4 Å². The zero-order chi connectivity index (χ0) is 74.6. The summed E-state index contributed by atoms with van der Waals surface area (Å²) in [6.45, 7) is 61.0. The zero-order valence-corrected chi connectivity index (χ0v) is 67.6. The van der Waals surface area contributed by atoms with Gasteiger partial charge < -0.3 is 49.0 Å². The third-order valence-corrected chi connectivity index (χ3v) is 20.2. The molecule has 0 unspecified atom stereocenters. The molecule has 6 saturated heterocycles. The molecule has 6 aliphatic rings. The summed E-state index contributed by atoms with van der Waals surface area (Å²) in [6.07, 6.45) is 24.7. The van der Waals surface area contributed by atoms with Gasteiger partial charge in [0.25, 0.3) is 5.91 Å². The van der Waals surface area contributed by atoms with Crippen LogP contribution < -0.4 is 24.5 Å². The van der Waals surface area contributed by atoms with Crippen molar-refractivity contribution < 1.29 is 4.79 Å². The van der Waals surface area contributed by atoms with E-state index in [0.717, 1.165) is 184 Å². The van der Waals surface area contributed by atoms with Gasteiger partial charge >= 0.3 is 0 Å². The molecule has 103 heavy (non-hydrogen) atoms. The third kappa shape index (κ3) is 27.5. The number of anilines is 5. The quantitative estimate of drug-likeness (QED) is 0.155. The minimum atomic E-state index is 0. The van der Waals surface area contributed by atoms with E-state index in [1.54, 1.807) is 6.20 Å². The van der Waals surface area contributed by atoms with Crippen molar-refractivity contribution in [2.24, 2.45) is 0 Å². The molecule has 19 heteroatoms. The van der Waals surface area contributed by atoms with Crippen LogP contribution in [0, 0.1) is 0 Å². The molecule has 0 aromatic carbocycles. The Morgan fingerprint density at radius 3 is 0.951 bits per heavy atom. The van der Waals surface area contributed by atoms with Crippen LogP contribution in [0.3, 0.4) is 0 Å². The summed E-state index contributed by atoms with van der Waals surface area (Å²) in [7, 11) is 8.68. The molecule has 0 saturated carbocycles. The van der Waals surface area contributed by atoms with Crippen LogP contribution >= 0.6 is 0 Å². The van der Waals surface area contributed by atoms with Gasteiger partial charge in [-0.25, -0.2) is 34.9 Å². The van der Waals surface area contributed by atoms with Crippen molar-refractivity contribution in [3.8, 4) is 0 Å². The van der Waals surface area contributed by atoms with Gasteiger partial charge in [0.15, 0.2) is 0 Å². The standard InChI is InChI=1S/C15H22N2O.3C14H23N3.C13H22N4.C13H21N3.CH4/c1-15(2,3)13-9-12(10-16-11-13)14(18)17-7-5-4-6-8-17;1-14(2,3)12-5-6-15-13(11-12)17-9-7-16(4)8-10-17;2*1-14(2,3)12-5-6-13(15-11-12)17-9-7-16(4)8-10-17;1-13(2,3)11-9-14-12(15-10-11)17-7-5-16(4)6-8-17;1-13(2,3)11-9-14-12(15-10-11)16-7-5-4-6-8-16;/h9-11H,4-8H2,1-3H3;3*5-6,11H,7-10H2,1-4H3;9-10H,5-8H2,1-4H3;9-10H,4-8H2,1-3H3;1H4. The molecule has 0 radical (unpaired) electrons. The molecular formula is C84H138N18O. The number of carbonyl (C=O) groups is 1. The average Bonchev–Trinajstić information content (AvgIpc) is 0.855. The lowest BCUT2D eigenvalue weighted by molar-refractivity contribution is 0.0723. The summed E-state index contributed by atoms with van der Waals surface area (Å²) in [5.41, 5.74) is 9.07. The van der Waals surface area contributed by atoms with E-state index in [1.807, 2.05) is 60.5 Å². The first-order chi connectivity index (χ1) is 47.9. The Hall–Kier alpha value is -6.93. The topological polar surface area (TPSA) is 153 Å². The summed E-state index contributed by atoms with van der Waals surface area (Å²) in [4.78, 5) is 71.3. The largest absolute Gasteiger partial charge is 0.354 e. The van der Waals surface area contributed by atoms with Crippen molar-refractivity contribution in [3.05, 3.63) is 137 Å². The molecule has 6 fully saturated rings. The fraction of sp³-hybridized carbons (Fsp3) is 0.655. The Balaban J connectivity index is 0.000000194. The molecule has 19 nitrogen and oxygen atoms in total. The minimum absolute atomic E-state index is 0. The van der Waals surface area contributed by atoms with E-state index < -0.39 is 0 Å². The highest BCUT2D eigenvalue weighted by atomic mass is 16.2. The molecule has 1 amide bonds. The van der Waals surface area contributed by atoms with Gasteiger partial charge in [-0.15, -0.1) is 0 Å². The SMILES string of the molecule is C.CC(C)(C)c1cnc(N2CCCCC2)nc1.CC(C)(C)c1cncc(C(=O)N2CCCCC2)c1.CN1CCN(c2cc(C(C)(C)C)ccn2)CC1.CN1CCN(c2ccc(C(C)(C)C)cn2)CC1.CN1CCN(c2ccc(C(C)(C)C)cn2)CC1.CN1CCN(c2ncc(C(C)(C)C)cn2)CC1. The Labute approximate surface area is 625 Å². The number of piperidine rings is 2. The fourth-order valence-electron chi connectivity index (χ4n) is 12.3. The lowest BCUT2D eigenvalue weighted by atomic mass is 9.87. The van der Waals surface area contributed by atoms with E-state index in [0.29, 0.717) is 0 Å². The smallest absolute Gasteiger partial charge is 0.255 e. The van der Waals surface area contributed by atoms with Crippen molar-refractivity contribution in [2.75, 3.05) is 184 Å². The number of likely N-dealkylation sites (tertiary alicyclic amines) is 1. The summed E-state index contributed by atoms with van der Waals surface area (Å²) >= 11 is 0. The number of piperazine rings is 4. The number of nitrogens with zero attached hydrogens (tertiary/aromatic N) is 18. The van der Waals surface area contributed by atoms with Crippen LogP contribution in [0.15, 0.2) is 98.2 Å². The minimum Gasteiger partial charge on any atom is -0.354 e. The average molecular weight is 1420 g/mol. The first kappa shape index (κ1) is 85.0. The maximum atomic E-state index is 12.4. The molecule has 6 aromatic heterocycles. The molecule has 6 aromatic rings. The third-order valence-electron chi connectivity index (χ3n) is 20.2. The highest BCUT2D eigenvalue weighted by Crippen LogP contribution is 2.30. The number of amides is 1. The van der Waals surface area contributed by atoms with Crippen LogP contribution in [0.2, 0.25) is 0 Å². The molecule has 6 aliphatic heterocycles. The van der Waals surface area contributed by atoms with E-state index in [9.17, 15) is 4.79 Å². The van der Waals surface area contributed by atoms with Crippen LogP contribution in [-0.4, -0.2) is 229 Å². The van der Waals surface area contributed by atoms with Gasteiger partial charge in [-0.3, -0.25) is 9.78 Å². The van der Waals surface area contributed by atoms with Gasteiger partial charge in [-0.05, 0) is 163 Å². The van der Waals surface area contributed by atoms with Crippen molar-refractivity contribution in [1.29, 1.82) is 0 Å². The molecule has 0 aliphatic carbocycles. The molecule has 12 heterocycles. The number of hydrogen-bond donors (Lipinski definition) is 0. The van der Waals surface area contributed by atoms with Crippen molar-refractivity contribution >= 4 is 35.3 Å². The van der Waals surface area contributed by atoms with E-state index in [4.69, 9.17) is 0 Å². The number of pyridine rings is 4. The maximum absolute atomic E-state index is 12.4. The summed E-state index contributed by atoms with van der Waals surface area (Å²) < 4.78 is 0. The first-order valence-corrected chi connectivity index (χ1v) is 38.2. The maximum Gasteiger partial charge on any atom is 0.255 e. The Morgan fingerprint density at radius 2 is 0.612 bits per heavy atom. The highest BCUT2D eigenvalue weighted by molar-refractivity contribution is 5.94. The van der Waals surface area contributed by atoms with Crippen molar-refractivity contribution in [2.45, 2.75) is 203 Å². The van der Waals surface area contributed by atoms with Crippen LogP contribution in [0.4, 0.5) is 29.4 Å². The van der Waals surface area contributed by atoms with Crippen LogP contribution in [0.1, 0.15) is 214 Å². The number of carbonyl (C=O) groups excluding carboxylic acids is 1. The molecule has 0 bridgehead atoms. The molecule has 12 rings (SSSR count). The molecule has 570 valence electrons. The molecule has 0 atom stereocenters. The molecule has 0 spiro atoms. The Bertz CT molecular complexity index is 3210. The van der Waals surface area contributed by atoms with Crippen LogP contribution in [0.25, 0.3) is 0 Å². The number of rotatable bonds is 6. The molecule has 0 N–H and O–H groups in total. The monoisotopic (exact) mass is 1420 g/mol. The molecular weight excluding hydrogens is 1280 g/mol. The summed E-state index contributed by atoms with van der Waals surface area (Å²) in [5.74, 6) is 5.26. The number of hydrogen-bond acceptors (Lipinski definition) is 18. The first-order valence-electron chi connectivity index (χ1n) is 38.2. The lowest BCUT2D eigenvalue weighted by Crippen LogP contribution is -2.45. The zero-order valence-electron chi connectivity index (χ0n) is 67.6. The predicted molar refractivity (Wildman–Crippen MR) is 435 cm³/mol. The van der Waals surface area contributed by atoms with E-state index in [1.165, 1.54) is 53.5 Å². The fourth-order valence-corrected chi connectivity index (χ4v) is 12.3.